The number of nitrogens with zero attached hydrogens (tertiary/aromatic N) is 2. The van der Waals surface area contributed by atoms with E-state index in [1.807, 2.05) is 18.9 Å². The van der Waals surface area contributed by atoms with Crippen molar-refractivity contribution in [2.45, 2.75) is 25.8 Å². The summed E-state index contributed by atoms with van der Waals surface area (Å²) in [7, 11) is 3.21. The molecule has 1 aromatic carbocycles. The summed E-state index contributed by atoms with van der Waals surface area (Å²) in [5, 5.41) is 3.28. The number of allylic oxidation sites excluding steroid dienone is 1. The predicted octanol–water partition coefficient (Wildman–Crippen LogP) is 2.61. The molecule has 1 saturated carbocycles. The zero-order chi connectivity index (χ0) is 17.3. The van der Waals surface area contributed by atoms with Crippen molar-refractivity contribution >= 4 is 11.9 Å². The first-order valence-electron chi connectivity index (χ1n) is 8.10. The summed E-state index contributed by atoms with van der Waals surface area (Å²) >= 11 is 0. The van der Waals surface area contributed by atoms with Crippen LogP contribution in [0, 0.1) is 11.7 Å². The average molecular weight is 331 g/mol. The fourth-order valence-electron chi connectivity index (χ4n) is 2.83. The molecule has 1 atom stereocenters. The van der Waals surface area contributed by atoms with Gasteiger partial charge in [0.1, 0.15) is 5.82 Å². The number of aliphatic imine (C=N–C) groups is 1. The fourth-order valence-corrected chi connectivity index (χ4v) is 2.83. The van der Waals surface area contributed by atoms with Crippen molar-refractivity contribution in [1.82, 2.24) is 10.2 Å². The normalized spacial score (nSPS) is 22.6. The lowest BCUT2D eigenvalue weighted by Crippen LogP contribution is -2.47. The summed E-state index contributed by atoms with van der Waals surface area (Å²) in [6, 6.07) is 5.76. The second kappa shape index (κ2) is 6.63. The summed E-state index contributed by atoms with van der Waals surface area (Å²) in [5.74, 6) is 0.585. The number of esters is 1. The number of guanidine groups is 1. The molecule has 0 amide bonds. The molecule has 0 bridgehead atoms. The van der Waals surface area contributed by atoms with E-state index >= 15 is 0 Å². The molecule has 1 N–H and O–H groups in total. The minimum absolute atomic E-state index is 0.341. The zero-order valence-corrected chi connectivity index (χ0v) is 14.2. The molecule has 2 aliphatic rings. The second-order valence-corrected chi connectivity index (χ2v) is 6.29. The van der Waals surface area contributed by atoms with E-state index in [0.29, 0.717) is 23.0 Å². The van der Waals surface area contributed by atoms with Crippen LogP contribution in [0.3, 0.4) is 0 Å². The Morgan fingerprint density at radius 2 is 2.21 bits per heavy atom. The van der Waals surface area contributed by atoms with Gasteiger partial charge in [-0.1, -0.05) is 12.1 Å². The van der Waals surface area contributed by atoms with Gasteiger partial charge in [-0.25, -0.2) is 9.18 Å². The maximum atomic E-state index is 13.7. The summed E-state index contributed by atoms with van der Waals surface area (Å²) in [4.78, 5) is 18.8. The largest absolute Gasteiger partial charge is 0.466 e. The van der Waals surface area contributed by atoms with Crippen molar-refractivity contribution in [2.75, 3.05) is 20.7 Å². The van der Waals surface area contributed by atoms with E-state index in [0.717, 1.165) is 12.2 Å². The highest BCUT2D eigenvalue weighted by atomic mass is 19.1. The Kier molecular flexibility index (Phi) is 4.55. The first kappa shape index (κ1) is 16.5. The molecule has 6 heteroatoms. The first-order valence-corrected chi connectivity index (χ1v) is 8.10. The lowest BCUT2D eigenvalue weighted by Gasteiger charge is -2.35. The van der Waals surface area contributed by atoms with E-state index in [1.165, 1.54) is 32.1 Å². The summed E-state index contributed by atoms with van der Waals surface area (Å²) < 4.78 is 18.6. The van der Waals surface area contributed by atoms with Crippen molar-refractivity contribution < 1.29 is 13.9 Å². The number of methoxy groups -OCH3 is 1. The number of carbonyl (C=O) groups is 1. The molecule has 1 aliphatic carbocycles. The lowest BCUT2D eigenvalue weighted by molar-refractivity contribution is -0.136. The molecule has 1 aliphatic heterocycles. The molecule has 0 radical (unpaired) electrons. The van der Waals surface area contributed by atoms with E-state index < -0.39 is 12.0 Å². The van der Waals surface area contributed by atoms with Crippen molar-refractivity contribution in [3.05, 3.63) is 46.9 Å². The third-order valence-corrected chi connectivity index (χ3v) is 4.56. The minimum atomic E-state index is -0.484. The Balaban J connectivity index is 2.01. The van der Waals surface area contributed by atoms with Crippen molar-refractivity contribution in [3.8, 4) is 0 Å². The highest BCUT2D eigenvalue weighted by Crippen LogP contribution is 2.32. The van der Waals surface area contributed by atoms with E-state index in [1.54, 1.807) is 12.1 Å². The van der Waals surface area contributed by atoms with Gasteiger partial charge in [0.05, 0.1) is 18.7 Å². The maximum Gasteiger partial charge on any atom is 0.337 e. The van der Waals surface area contributed by atoms with E-state index in [-0.39, 0.29) is 5.82 Å². The Morgan fingerprint density at radius 3 is 2.83 bits per heavy atom. The van der Waals surface area contributed by atoms with Gasteiger partial charge in [-0.3, -0.25) is 4.99 Å². The van der Waals surface area contributed by atoms with Crippen molar-refractivity contribution in [2.24, 2.45) is 10.9 Å². The number of carbonyl (C=O) groups excluding carboxylic acids is 1. The number of rotatable bonds is 4. The van der Waals surface area contributed by atoms with Gasteiger partial charge in [-0.15, -0.1) is 0 Å². The smallest absolute Gasteiger partial charge is 0.337 e. The predicted molar refractivity (Wildman–Crippen MR) is 89.8 cm³/mol. The standard InChI is InChI=1S/C18H22FN3O2/c1-11-15(17(23)24-3)16(13-5-4-6-14(19)9-13)21-18(22(11)2)20-10-12-7-8-12/h4-6,9,12,16H,7-8,10H2,1-3H3,(H,20,21). The van der Waals surface area contributed by atoms with E-state index in [4.69, 9.17) is 4.74 Å². The highest BCUT2D eigenvalue weighted by Gasteiger charge is 2.34. The van der Waals surface area contributed by atoms with Crippen LogP contribution in [-0.4, -0.2) is 37.5 Å². The zero-order valence-electron chi connectivity index (χ0n) is 14.2. The number of hydrogen-bond donors (Lipinski definition) is 1. The SMILES string of the molecule is COC(=O)C1=C(C)N(C)C(=NCC2CC2)NC1c1cccc(F)c1. The third kappa shape index (κ3) is 3.27. The molecule has 0 spiro atoms. The average Bonchev–Trinajstić information content (AvgIpc) is 3.39. The third-order valence-electron chi connectivity index (χ3n) is 4.56. The Bertz CT molecular complexity index is 710. The molecule has 1 fully saturated rings. The lowest BCUT2D eigenvalue weighted by atomic mass is 9.95. The molecule has 0 aromatic heterocycles. The Morgan fingerprint density at radius 1 is 1.46 bits per heavy atom. The van der Waals surface area contributed by atoms with Crippen LogP contribution < -0.4 is 5.32 Å². The molecule has 3 rings (SSSR count). The van der Waals surface area contributed by atoms with Gasteiger partial charge in [-0.05, 0) is 43.4 Å². The number of hydrogen-bond acceptors (Lipinski definition) is 3. The van der Waals surface area contributed by atoms with Crippen LogP contribution in [0.1, 0.15) is 31.4 Å². The molecular weight excluding hydrogens is 309 g/mol. The van der Waals surface area contributed by atoms with Crippen LogP contribution in [0.5, 0.6) is 0 Å². The van der Waals surface area contributed by atoms with Crippen LogP contribution in [0.2, 0.25) is 0 Å². The molecule has 24 heavy (non-hydrogen) atoms. The van der Waals surface area contributed by atoms with Gasteiger partial charge in [0.25, 0.3) is 0 Å². The second-order valence-electron chi connectivity index (χ2n) is 6.29. The van der Waals surface area contributed by atoms with E-state index in [9.17, 15) is 9.18 Å². The van der Waals surface area contributed by atoms with Crippen LogP contribution in [0.15, 0.2) is 40.5 Å². The molecular formula is C18H22FN3O2. The molecule has 1 heterocycles. The van der Waals surface area contributed by atoms with Gasteiger partial charge in [-0.2, -0.15) is 0 Å². The van der Waals surface area contributed by atoms with Gasteiger partial charge < -0.3 is 15.0 Å². The van der Waals surface area contributed by atoms with Crippen LogP contribution >= 0.6 is 0 Å². The van der Waals surface area contributed by atoms with E-state index in [2.05, 4.69) is 10.3 Å². The highest BCUT2D eigenvalue weighted by molar-refractivity contribution is 5.96. The van der Waals surface area contributed by atoms with Gasteiger partial charge in [0.15, 0.2) is 5.96 Å². The minimum Gasteiger partial charge on any atom is -0.466 e. The Hall–Kier alpha value is -2.37. The quantitative estimate of drug-likeness (QED) is 0.862. The topological polar surface area (TPSA) is 53.9 Å². The van der Waals surface area contributed by atoms with Crippen molar-refractivity contribution in [1.29, 1.82) is 0 Å². The maximum absolute atomic E-state index is 13.7. The van der Waals surface area contributed by atoms with Crippen molar-refractivity contribution in [3.63, 3.8) is 0 Å². The fraction of sp³-hybridized carbons (Fsp3) is 0.444. The number of ether oxygens (including phenoxy) is 1. The summed E-state index contributed by atoms with van der Waals surface area (Å²) in [5.41, 5.74) is 1.89. The molecule has 128 valence electrons. The molecule has 0 saturated heterocycles. The van der Waals surface area contributed by atoms with Crippen LogP contribution in [0.25, 0.3) is 0 Å². The van der Waals surface area contributed by atoms with Crippen LogP contribution in [-0.2, 0) is 9.53 Å². The van der Waals surface area contributed by atoms with Gasteiger partial charge in [0, 0.05) is 19.3 Å². The molecule has 5 nitrogen and oxygen atoms in total. The number of halogens is 1. The first-order chi connectivity index (χ1) is 11.5. The Labute approximate surface area is 141 Å². The van der Waals surface area contributed by atoms with Gasteiger partial charge >= 0.3 is 5.97 Å². The summed E-state index contributed by atoms with van der Waals surface area (Å²) in [6.45, 7) is 2.62. The van der Waals surface area contributed by atoms with Gasteiger partial charge in [0.2, 0.25) is 0 Å². The monoisotopic (exact) mass is 331 g/mol. The van der Waals surface area contributed by atoms with Crippen LogP contribution in [0.4, 0.5) is 4.39 Å². The molecule has 1 aromatic rings. The number of nitrogens with one attached hydrogen (secondary N) is 1. The summed E-state index contributed by atoms with van der Waals surface area (Å²) in [6.07, 6.45) is 2.44. The molecule has 1 unspecified atom stereocenters. The number of benzene rings is 1.